The molecule has 0 bridgehead atoms. The van der Waals surface area contributed by atoms with Crippen molar-refractivity contribution in [1.82, 2.24) is 5.32 Å². The van der Waals surface area contributed by atoms with Gasteiger partial charge in [-0.25, -0.2) is 0 Å². The van der Waals surface area contributed by atoms with Crippen LogP contribution in [-0.2, 0) is 9.59 Å². The number of carbonyl (C=O) groups is 2. The third kappa shape index (κ3) is 4.21. The van der Waals surface area contributed by atoms with Gasteiger partial charge in [-0.1, -0.05) is 19.8 Å². The molecule has 0 aromatic carbocycles. The van der Waals surface area contributed by atoms with Gasteiger partial charge in [-0.3, -0.25) is 9.59 Å². The normalized spacial score (nSPS) is 25.1. The summed E-state index contributed by atoms with van der Waals surface area (Å²) in [6.45, 7) is 2.61. The Morgan fingerprint density at radius 1 is 1.31 bits per heavy atom. The van der Waals surface area contributed by atoms with Crippen LogP contribution >= 0.6 is 0 Å². The maximum atomic E-state index is 11.8. The number of aliphatic carboxylic acids is 1. The molecule has 16 heavy (non-hydrogen) atoms. The second-order valence-electron chi connectivity index (χ2n) is 4.66. The highest BCUT2D eigenvalue weighted by molar-refractivity contribution is 5.79. The lowest BCUT2D eigenvalue weighted by molar-refractivity contribution is -0.137. The van der Waals surface area contributed by atoms with Crippen LogP contribution < -0.4 is 5.32 Å². The first-order valence-electron chi connectivity index (χ1n) is 6.10. The van der Waals surface area contributed by atoms with Crippen molar-refractivity contribution in [1.29, 1.82) is 0 Å². The van der Waals surface area contributed by atoms with Gasteiger partial charge in [0.2, 0.25) is 5.91 Å². The third-order valence-electron chi connectivity index (χ3n) is 3.31. The third-order valence-corrected chi connectivity index (χ3v) is 3.31. The van der Waals surface area contributed by atoms with Gasteiger partial charge in [0, 0.05) is 18.9 Å². The van der Waals surface area contributed by atoms with E-state index in [0.717, 1.165) is 19.3 Å². The number of carboxylic acid groups (broad SMARTS) is 1. The Balaban J connectivity index is 2.20. The van der Waals surface area contributed by atoms with Gasteiger partial charge in [0.05, 0.1) is 0 Å². The van der Waals surface area contributed by atoms with Crippen molar-refractivity contribution in [2.75, 3.05) is 6.54 Å². The summed E-state index contributed by atoms with van der Waals surface area (Å²) in [5, 5.41) is 11.3. The van der Waals surface area contributed by atoms with Crippen LogP contribution in [0.5, 0.6) is 0 Å². The molecule has 0 radical (unpaired) electrons. The van der Waals surface area contributed by atoms with Crippen LogP contribution in [0.25, 0.3) is 0 Å². The molecule has 0 heterocycles. The highest BCUT2D eigenvalue weighted by Gasteiger charge is 2.27. The van der Waals surface area contributed by atoms with Gasteiger partial charge in [0.1, 0.15) is 0 Å². The quantitative estimate of drug-likeness (QED) is 0.704. The monoisotopic (exact) mass is 227 g/mol. The zero-order chi connectivity index (χ0) is 12.0. The Labute approximate surface area is 96.4 Å². The number of carboxylic acids is 1. The average Bonchev–Trinajstić information content (AvgIpc) is 2.24. The van der Waals surface area contributed by atoms with E-state index in [2.05, 4.69) is 12.2 Å². The van der Waals surface area contributed by atoms with E-state index in [4.69, 9.17) is 5.11 Å². The van der Waals surface area contributed by atoms with E-state index in [0.29, 0.717) is 18.9 Å². The molecular weight excluding hydrogens is 206 g/mol. The molecule has 4 nitrogen and oxygen atoms in total. The van der Waals surface area contributed by atoms with Gasteiger partial charge in [-0.2, -0.15) is 0 Å². The number of nitrogens with one attached hydrogen (secondary N) is 1. The Bertz CT molecular complexity index is 253. The van der Waals surface area contributed by atoms with Crippen LogP contribution in [-0.4, -0.2) is 23.5 Å². The number of rotatable bonds is 5. The predicted molar refractivity (Wildman–Crippen MR) is 61.0 cm³/mol. The zero-order valence-corrected chi connectivity index (χ0v) is 9.87. The lowest BCUT2D eigenvalue weighted by Gasteiger charge is -2.27. The van der Waals surface area contributed by atoms with Crippen LogP contribution in [0.2, 0.25) is 0 Å². The van der Waals surface area contributed by atoms with Crippen molar-refractivity contribution >= 4 is 11.9 Å². The van der Waals surface area contributed by atoms with E-state index in [1.807, 2.05) is 0 Å². The minimum atomic E-state index is -0.805. The fourth-order valence-electron chi connectivity index (χ4n) is 2.29. The second-order valence-corrected chi connectivity index (χ2v) is 4.66. The van der Waals surface area contributed by atoms with Gasteiger partial charge >= 0.3 is 5.97 Å². The molecule has 0 saturated heterocycles. The molecule has 0 aromatic rings. The van der Waals surface area contributed by atoms with Crippen molar-refractivity contribution in [2.45, 2.75) is 45.4 Å². The predicted octanol–water partition coefficient (Wildman–Crippen LogP) is 1.79. The highest BCUT2D eigenvalue weighted by Crippen LogP contribution is 2.29. The molecule has 1 rings (SSSR count). The molecule has 0 spiro atoms. The number of hydrogen-bond acceptors (Lipinski definition) is 2. The van der Waals surface area contributed by atoms with Crippen molar-refractivity contribution in [3.05, 3.63) is 0 Å². The molecule has 0 aromatic heterocycles. The molecule has 1 saturated carbocycles. The summed E-state index contributed by atoms with van der Waals surface area (Å²) in [5.41, 5.74) is 0. The summed E-state index contributed by atoms with van der Waals surface area (Å²) in [5.74, 6) is -0.0929. The molecule has 2 atom stereocenters. The van der Waals surface area contributed by atoms with Crippen molar-refractivity contribution < 1.29 is 14.7 Å². The van der Waals surface area contributed by atoms with E-state index in [1.165, 1.54) is 6.42 Å². The molecule has 1 aliphatic rings. The van der Waals surface area contributed by atoms with E-state index < -0.39 is 5.97 Å². The minimum absolute atomic E-state index is 0.109. The van der Waals surface area contributed by atoms with E-state index >= 15 is 0 Å². The van der Waals surface area contributed by atoms with E-state index in [-0.39, 0.29) is 18.2 Å². The summed E-state index contributed by atoms with van der Waals surface area (Å²) in [6, 6.07) is 0. The molecular formula is C12H21NO3. The van der Waals surface area contributed by atoms with Crippen molar-refractivity contribution in [3.63, 3.8) is 0 Å². The molecule has 1 fully saturated rings. The number of hydrogen-bond donors (Lipinski definition) is 2. The Morgan fingerprint density at radius 3 is 2.62 bits per heavy atom. The molecule has 1 amide bonds. The first kappa shape index (κ1) is 13.0. The molecule has 1 aliphatic carbocycles. The highest BCUT2D eigenvalue weighted by atomic mass is 16.4. The van der Waals surface area contributed by atoms with E-state index in [1.54, 1.807) is 0 Å². The Hall–Kier alpha value is -1.06. The summed E-state index contributed by atoms with van der Waals surface area (Å²) in [4.78, 5) is 22.1. The van der Waals surface area contributed by atoms with Gasteiger partial charge in [-0.15, -0.1) is 0 Å². The van der Waals surface area contributed by atoms with Crippen LogP contribution in [0, 0.1) is 11.8 Å². The first-order valence-corrected chi connectivity index (χ1v) is 6.10. The molecule has 2 N–H and O–H groups in total. The first-order chi connectivity index (χ1) is 7.61. The lowest BCUT2D eigenvalue weighted by atomic mass is 9.80. The summed E-state index contributed by atoms with van der Waals surface area (Å²) >= 11 is 0. The Morgan fingerprint density at radius 2 is 2.00 bits per heavy atom. The maximum absolute atomic E-state index is 11.8. The lowest BCUT2D eigenvalue weighted by Crippen LogP contribution is -2.36. The molecule has 0 aliphatic heterocycles. The molecule has 4 heteroatoms. The molecule has 2 unspecified atom stereocenters. The fraction of sp³-hybridized carbons (Fsp3) is 0.833. The SMILES string of the molecule is CC1CCCCC1C(=O)NCCCC(=O)O. The minimum Gasteiger partial charge on any atom is -0.481 e. The van der Waals surface area contributed by atoms with E-state index in [9.17, 15) is 9.59 Å². The van der Waals surface area contributed by atoms with Gasteiger partial charge in [-0.05, 0) is 25.2 Å². The van der Waals surface area contributed by atoms with Gasteiger partial charge in [0.25, 0.3) is 0 Å². The van der Waals surface area contributed by atoms with Crippen molar-refractivity contribution in [3.8, 4) is 0 Å². The number of carbonyl (C=O) groups excluding carboxylic acids is 1. The zero-order valence-electron chi connectivity index (χ0n) is 9.87. The van der Waals surface area contributed by atoms with Crippen LogP contribution in [0.1, 0.15) is 45.4 Å². The smallest absolute Gasteiger partial charge is 0.303 e. The van der Waals surface area contributed by atoms with Gasteiger partial charge < -0.3 is 10.4 Å². The standard InChI is InChI=1S/C12H21NO3/c1-9-5-2-3-6-10(9)12(16)13-8-4-7-11(14)15/h9-10H,2-8H2,1H3,(H,13,16)(H,14,15). The molecule has 92 valence electrons. The number of amides is 1. The summed E-state index contributed by atoms with van der Waals surface area (Å²) in [6.07, 6.45) is 5.11. The van der Waals surface area contributed by atoms with Crippen molar-refractivity contribution in [2.24, 2.45) is 11.8 Å². The van der Waals surface area contributed by atoms with Crippen LogP contribution in [0.15, 0.2) is 0 Å². The second kappa shape index (κ2) is 6.51. The Kier molecular flexibility index (Phi) is 5.29. The topological polar surface area (TPSA) is 66.4 Å². The van der Waals surface area contributed by atoms with Gasteiger partial charge in [0.15, 0.2) is 0 Å². The average molecular weight is 227 g/mol. The summed E-state index contributed by atoms with van der Waals surface area (Å²) in [7, 11) is 0. The summed E-state index contributed by atoms with van der Waals surface area (Å²) < 4.78 is 0. The largest absolute Gasteiger partial charge is 0.481 e. The van der Waals surface area contributed by atoms with Crippen LogP contribution in [0.4, 0.5) is 0 Å². The fourth-order valence-corrected chi connectivity index (χ4v) is 2.29. The maximum Gasteiger partial charge on any atom is 0.303 e. The van der Waals surface area contributed by atoms with Crippen LogP contribution in [0.3, 0.4) is 0 Å².